The number of urea groups is 1. The van der Waals surface area contributed by atoms with Gasteiger partial charge in [0.25, 0.3) is 0 Å². The van der Waals surface area contributed by atoms with Crippen LogP contribution in [0.3, 0.4) is 0 Å². The minimum Gasteiger partial charge on any atom is -0.353 e. The highest BCUT2D eigenvalue weighted by Crippen LogP contribution is 2.16. The van der Waals surface area contributed by atoms with E-state index in [0.29, 0.717) is 25.3 Å². The number of carbonyl (C=O) groups excluding carboxylic acids is 1. The summed E-state index contributed by atoms with van der Waals surface area (Å²) in [5.74, 6) is 0.888. The lowest BCUT2D eigenvalue weighted by molar-refractivity contribution is 0.195. The quantitative estimate of drug-likeness (QED) is 0.887. The summed E-state index contributed by atoms with van der Waals surface area (Å²) < 4.78 is 0. The normalized spacial score (nSPS) is 15.3. The first-order valence-corrected chi connectivity index (χ1v) is 7.13. The standard InChI is InChI=1S/C14H18N6O/c1-2-15-14(21)20-9-7-19(8-10-20)12-4-3-11-13(18-12)17-6-5-16-11/h3-6H,2,7-10H2,1H3,(H,15,21). The van der Waals surface area contributed by atoms with Crippen molar-refractivity contribution in [2.24, 2.45) is 0 Å². The van der Waals surface area contributed by atoms with E-state index in [2.05, 4.69) is 25.2 Å². The highest BCUT2D eigenvalue weighted by atomic mass is 16.2. The van der Waals surface area contributed by atoms with Gasteiger partial charge in [-0.25, -0.2) is 14.8 Å². The molecule has 1 N–H and O–H groups in total. The van der Waals surface area contributed by atoms with Crippen LogP contribution < -0.4 is 10.2 Å². The Labute approximate surface area is 123 Å². The van der Waals surface area contributed by atoms with E-state index in [1.807, 2.05) is 24.0 Å². The Morgan fingerprint density at radius 3 is 2.71 bits per heavy atom. The number of piperazine rings is 1. The number of carbonyl (C=O) groups is 1. The molecule has 21 heavy (non-hydrogen) atoms. The smallest absolute Gasteiger partial charge is 0.317 e. The molecule has 2 aromatic rings. The van der Waals surface area contributed by atoms with Gasteiger partial charge in [0.1, 0.15) is 11.3 Å². The lowest BCUT2D eigenvalue weighted by atomic mass is 10.3. The molecular weight excluding hydrogens is 268 g/mol. The van der Waals surface area contributed by atoms with Crippen LogP contribution in [0, 0.1) is 0 Å². The number of amides is 2. The summed E-state index contributed by atoms with van der Waals surface area (Å²) in [6.07, 6.45) is 3.31. The van der Waals surface area contributed by atoms with E-state index in [9.17, 15) is 4.79 Å². The number of nitrogens with zero attached hydrogens (tertiary/aromatic N) is 5. The van der Waals surface area contributed by atoms with E-state index < -0.39 is 0 Å². The number of nitrogens with one attached hydrogen (secondary N) is 1. The molecule has 3 heterocycles. The molecule has 0 aliphatic carbocycles. The van der Waals surface area contributed by atoms with Crippen molar-refractivity contribution in [2.45, 2.75) is 6.92 Å². The second-order valence-electron chi connectivity index (χ2n) is 4.88. The number of hydrogen-bond donors (Lipinski definition) is 1. The minimum atomic E-state index is 0.00878. The van der Waals surface area contributed by atoms with Crippen LogP contribution in [0.5, 0.6) is 0 Å². The first-order chi connectivity index (χ1) is 10.3. The summed E-state index contributed by atoms with van der Waals surface area (Å²) in [5.41, 5.74) is 1.45. The van der Waals surface area contributed by atoms with E-state index in [1.165, 1.54) is 0 Å². The number of pyridine rings is 1. The summed E-state index contributed by atoms with van der Waals surface area (Å²) >= 11 is 0. The molecule has 0 atom stereocenters. The van der Waals surface area contributed by atoms with Crippen molar-refractivity contribution in [3.8, 4) is 0 Å². The van der Waals surface area contributed by atoms with Gasteiger partial charge in [-0.2, -0.15) is 0 Å². The second kappa shape index (κ2) is 5.90. The zero-order chi connectivity index (χ0) is 14.7. The predicted molar refractivity (Wildman–Crippen MR) is 80.2 cm³/mol. The Morgan fingerprint density at radius 2 is 1.95 bits per heavy atom. The average Bonchev–Trinajstić information content (AvgIpc) is 2.55. The third kappa shape index (κ3) is 2.86. The molecule has 110 valence electrons. The summed E-state index contributed by atoms with van der Waals surface area (Å²) in [4.78, 5) is 28.8. The fourth-order valence-corrected chi connectivity index (χ4v) is 2.42. The molecule has 2 amide bonds. The van der Waals surface area contributed by atoms with Gasteiger partial charge in [-0.15, -0.1) is 0 Å². The van der Waals surface area contributed by atoms with Crippen LogP contribution in [0.1, 0.15) is 6.92 Å². The SMILES string of the molecule is CCNC(=O)N1CCN(c2ccc3nccnc3n2)CC1. The molecule has 1 fully saturated rings. The number of anilines is 1. The Kier molecular flexibility index (Phi) is 3.81. The highest BCUT2D eigenvalue weighted by Gasteiger charge is 2.21. The van der Waals surface area contributed by atoms with Gasteiger partial charge in [-0.1, -0.05) is 0 Å². The summed E-state index contributed by atoms with van der Waals surface area (Å²) in [6, 6.07) is 3.90. The fraction of sp³-hybridized carbons (Fsp3) is 0.429. The molecule has 3 rings (SSSR count). The van der Waals surface area contributed by atoms with Crippen molar-refractivity contribution in [1.82, 2.24) is 25.2 Å². The summed E-state index contributed by atoms with van der Waals surface area (Å²) in [6.45, 7) is 5.53. The zero-order valence-corrected chi connectivity index (χ0v) is 12.0. The molecular formula is C14H18N6O. The van der Waals surface area contributed by atoms with Crippen molar-refractivity contribution < 1.29 is 4.79 Å². The van der Waals surface area contributed by atoms with E-state index in [4.69, 9.17) is 0 Å². The molecule has 7 heteroatoms. The molecule has 2 aromatic heterocycles. The summed E-state index contributed by atoms with van der Waals surface area (Å²) in [5, 5.41) is 2.83. The Balaban J connectivity index is 1.69. The van der Waals surface area contributed by atoms with E-state index >= 15 is 0 Å². The maximum atomic E-state index is 11.8. The maximum Gasteiger partial charge on any atom is 0.317 e. The number of hydrogen-bond acceptors (Lipinski definition) is 5. The topological polar surface area (TPSA) is 74.2 Å². The van der Waals surface area contributed by atoms with E-state index in [1.54, 1.807) is 12.4 Å². The van der Waals surface area contributed by atoms with Gasteiger partial charge < -0.3 is 15.1 Å². The van der Waals surface area contributed by atoms with Crippen LogP contribution in [-0.4, -0.2) is 58.6 Å². The number of fused-ring (bicyclic) bond motifs is 1. The Bertz CT molecular complexity index is 638. The lowest BCUT2D eigenvalue weighted by Crippen LogP contribution is -2.52. The molecule has 0 saturated carbocycles. The van der Waals surface area contributed by atoms with Gasteiger partial charge in [0.15, 0.2) is 5.65 Å². The Morgan fingerprint density at radius 1 is 1.19 bits per heavy atom. The third-order valence-electron chi connectivity index (χ3n) is 3.54. The van der Waals surface area contributed by atoms with Crippen LogP contribution in [0.15, 0.2) is 24.5 Å². The van der Waals surface area contributed by atoms with Crippen LogP contribution in [0.4, 0.5) is 10.6 Å². The van der Waals surface area contributed by atoms with Crippen LogP contribution in [-0.2, 0) is 0 Å². The molecule has 0 bridgehead atoms. The molecule has 0 spiro atoms. The van der Waals surface area contributed by atoms with Crippen molar-refractivity contribution in [3.05, 3.63) is 24.5 Å². The zero-order valence-electron chi connectivity index (χ0n) is 12.0. The van der Waals surface area contributed by atoms with E-state index in [0.717, 1.165) is 24.4 Å². The average molecular weight is 286 g/mol. The second-order valence-corrected chi connectivity index (χ2v) is 4.88. The van der Waals surface area contributed by atoms with Gasteiger partial charge in [-0.3, -0.25) is 4.98 Å². The third-order valence-corrected chi connectivity index (χ3v) is 3.54. The summed E-state index contributed by atoms with van der Waals surface area (Å²) in [7, 11) is 0. The maximum absolute atomic E-state index is 11.8. The largest absolute Gasteiger partial charge is 0.353 e. The minimum absolute atomic E-state index is 0.00878. The number of rotatable bonds is 2. The first kappa shape index (κ1) is 13.5. The van der Waals surface area contributed by atoms with Gasteiger partial charge >= 0.3 is 6.03 Å². The molecule has 1 aliphatic rings. The lowest BCUT2D eigenvalue weighted by Gasteiger charge is -2.35. The van der Waals surface area contributed by atoms with Crippen molar-refractivity contribution in [1.29, 1.82) is 0 Å². The molecule has 1 saturated heterocycles. The Hall–Kier alpha value is -2.44. The van der Waals surface area contributed by atoms with Gasteiger partial charge in [-0.05, 0) is 19.1 Å². The van der Waals surface area contributed by atoms with Crippen molar-refractivity contribution in [3.63, 3.8) is 0 Å². The van der Waals surface area contributed by atoms with Crippen LogP contribution >= 0.6 is 0 Å². The van der Waals surface area contributed by atoms with Crippen molar-refractivity contribution in [2.75, 3.05) is 37.6 Å². The predicted octanol–water partition coefficient (Wildman–Crippen LogP) is 0.876. The number of aromatic nitrogens is 3. The molecule has 0 unspecified atom stereocenters. The van der Waals surface area contributed by atoms with Gasteiger partial charge in [0, 0.05) is 45.1 Å². The van der Waals surface area contributed by atoms with Crippen LogP contribution in [0.25, 0.3) is 11.2 Å². The molecule has 1 aliphatic heterocycles. The highest BCUT2D eigenvalue weighted by molar-refractivity contribution is 5.75. The van der Waals surface area contributed by atoms with Gasteiger partial charge in [0.05, 0.1) is 0 Å². The fourth-order valence-electron chi connectivity index (χ4n) is 2.42. The molecule has 7 nitrogen and oxygen atoms in total. The van der Waals surface area contributed by atoms with Crippen LogP contribution in [0.2, 0.25) is 0 Å². The first-order valence-electron chi connectivity index (χ1n) is 7.13. The van der Waals surface area contributed by atoms with E-state index in [-0.39, 0.29) is 6.03 Å². The monoisotopic (exact) mass is 286 g/mol. The molecule has 0 aromatic carbocycles. The molecule has 0 radical (unpaired) electrons. The van der Waals surface area contributed by atoms with Gasteiger partial charge in [0.2, 0.25) is 0 Å². The van der Waals surface area contributed by atoms with Crippen molar-refractivity contribution >= 4 is 23.0 Å².